The van der Waals surface area contributed by atoms with E-state index in [4.69, 9.17) is 10.9 Å². The first kappa shape index (κ1) is 7.59. The molecule has 0 saturated carbocycles. The minimum atomic E-state index is -0.199. The number of aromatic nitrogens is 2. The molecule has 0 aliphatic heterocycles. The van der Waals surface area contributed by atoms with Gasteiger partial charge in [0, 0.05) is 12.4 Å². The highest BCUT2D eigenvalue weighted by atomic mass is 16.4. The zero-order valence-electron chi connectivity index (χ0n) is 6.18. The molecule has 0 saturated heterocycles. The largest absolute Gasteiger partial charge is 0.409 e. The van der Waals surface area contributed by atoms with E-state index in [-0.39, 0.29) is 11.9 Å². The number of oxime groups is 1. The van der Waals surface area contributed by atoms with Gasteiger partial charge in [-0.15, -0.1) is 0 Å². The molecule has 1 atom stereocenters. The molecule has 11 heavy (non-hydrogen) atoms. The van der Waals surface area contributed by atoms with Crippen LogP contribution in [-0.4, -0.2) is 20.8 Å². The van der Waals surface area contributed by atoms with Gasteiger partial charge in [-0.2, -0.15) is 5.10 Å². The molecule has 1 unspecified atom stereocenters. The Bertz CT molecular complexity index is 241. The van der Waals surface area contributed by atoms with Crippen LogP contribution in [0.25, 0.3) is 0 Å². The van der Waals surface area contributed by atoms with Crippen LogP contribution in [0.5, 0.6) is 0 Å². The molecule has 5 heteroatoms. The molecule has 0 spiro atoms. The highest BCUT2D eigenvalue weighted by Gasteiger charge is 2.08. The van der Waals surface area contributed by atoms with E-state index in [0.717, 1.165) is 0 Å². The number of nitrogens with two attached hydrogens (primary N) is 1. The number of rotatable bonds is 2. The van der Waals surface area contributed by atoms with Gasteiger partial charge in [-0.3, -0.25) is 4.68 Å². The summed E-state index contributed by atoms with van der Waals surface area (Å²) in [4.78, 5) is 0. The number of amidine groups is 1. The van der Waals surface area contributed by atoms with E-state index in [1.807, 2.05) is 0 Å². The third-order valence-electron chi connectivity index (χ3n) is 1.47. The van der Waals surface area contributed by atoms with Crippen LogP contribution in [0.15, 0.2) is 23.6 Å². The molecular weight excluding hydrogens is 144 g/mol. The normalized spacial score (nSPS) is 14.8. The van der Waals surface area contributed by atoms with Gasteiger partial charge in [0.15, 0.2) is 5.84 Å². The minimum Gasteiger partial charge on any atom is -0.409 e. The SMILES string of the molecule is CC(C(N)=NO)n1cccn1. The van der Waals surface area contributed by atoms with E-state index in [0.29, 0.717) is 0 Å². The third kappa shape index (κ3) is 1.49. The molecule has 0 aliphatic carbocycles. The van der Waals surface area contributed by atoms with Crippen molar-refractivity contribution in [2.75, 3.05) is 0 Å². The first-order valence-corrected chi connectivity index (χ1v) is 3.22. The lowest BCUT2D eigenvalue weighted by Gasteiger charge is -2.08. The fourth-order valence-corrected chi connectivity index (χ4v) is 0.729. The summed E-state index contributed by atoms with van der Waals surface area (Å²) in [5.41, 5.74) is 5.35. The summed E-state index contributed by atoms with van der Waals surface area (Å²) >= 11 is 0. The van der Waals surface area contributed by atoms with Crippen molar-refractivity contribution in [3.05, 3.63) is 18.5 Å². The quantitative estimate of drug-likeness (QED) is 0.276. The van der Waals surface area contributed by atoms with Gasteiger partial charge < -0.3 is 10.9 Å². The Balaban J connectivity index is 2.78. The summed E-state index contributed by atoms with van der Waals surface area (Å²) in [6.45, 7) is 1.79. The van der Waals surface area contributed by atoms with Crippen LogP contribution in [0.2, 0.25) is 0 Å². The minimum absolute atomic E-state index is 0.147. The zero-order chi connectivity index (χ0) is 8.27. The monoisotopic (exact) mass is 154 g/mol. The predicted octanol–water partition coefficient (Wildman–Crippen LogP) is 0.191. The fourth-order valence-electron chi connectivity index (χ4n) is 0.729. The van der Waals surface area contributed by atoms with Gasteiger partial charge in [-0.1, -0.05) is 5.16 Å². The molecule has 0 aromatic carbocycles. The average molecular weight is 154 g/mol. The molecule has 1 rings (SSSR count). The summed E-state index contributed by atoms with van der Waals surface area (Å²) < 4.78 is 1.61. The Morgan fingerprint density at radius 1 is 1.82 bits per heavy atom. The van der Waals surface area contributed by atoms with Crippen LogP contribution in [0.4, 0.5) is 0 Å². The molecule has 1 aromatic heterocycles. The Kier molecular flexibility index (Phi) is 2.10. The molecule has 1 aromatic rings. The summed E-state index contributed by atoms with van der Waals surface area (Å²) in [7, 11) is 0. The lowest BCUT2D eigenvalue weighted by Crippen LogP contribution is -2.24. The summed E-state index contributed by atoms with van der Waals surface area (Å²) in [6, 6.07) is 1.58. The van der Waals surface area contributed by atoms with Crippen LogP contribution in [0.1, 0.15) is 13.0 Å². The first-order valence-electron chi connectivity index (χ1n) is 3.22. The van der Waals surface area contributed by atoms with Crippen LogP contribution >= 0.6 is 0 Å². The maximum absolute atomic E-state index is 8.33. The lowest BCUT2D eigenvalue weighted by molar-refractivity contribution is 0.313. The van der Waals surface area contributed by atoms with Crippen LogP contribution in [-0.2, 0) is 0 Å². The lowest BCUT2D eigenvalue weighted by atomic mass is 10.3. The number of hydrogen-bond acceptors (Lipinski definition) is 3. The van der Waals surface area contributed by atoms with Crippen LogP contribution < -0.4 is 5.73 Å². The second kappa shape index (κ2) is 3.05. The maximum Gasteiger partial charge on any atom is 0.163 e. The van der Waals surface area contributed by atoms with Gasteiger partial charge in [0.05, 0.1) is 0 Å². The van der Waals surface area contributed by atoms with Gasteiger partial charge in [0.1, 0.15) is 6.04 Å². The fraction of sp³-hybridized carbons (Fsp3) is 0.333. The van der Waals surface area contributed by atoms with E-state index in [9.17, 15) is 0 Å². The maximum atomic E-state index is 8.33. The Labute approximate surface area is 64.1 Å². The van der Waals surface area contributed by atoms with E-state index < -0.39 is 0 Å². The highest BCUT2D eigenvalue weighted by Crippen LogP contribution is 2.01. The third-order valence-corrected chi connectivity index (χ3v) is 1.47. The molecule has 5 nitrogen and oxygen atoms in total. The molecule has 3 N–H and O–H groups in total. The van der Waals surface area contributed by atoms with Gasteiger partial charge in [-0.05, 0) is 13.0 Å². The number of nitrogens with zero attached hydrogens (tertiary/aromatic N) is 3. The van der Waals surface area contributed by atoms with Crippen molar-refractivity contribution >= 4 is 5.84 Å². The Morgan fingerprint density at radius 2 is 2.55 bits per heavy atom. The summed E-state index contributed by atoms with van der Waals surface area (Å²) in [5.74, 6) is 0.147. The summed E-state index contributed by atoms with van der Waals surface area (Å²) in [6.07, 6.45) is 3.39. The van der Waals surface area contributed by atoms with Crippen molar-refractivity contribution in [2.24, 2.45) is 10.9 Å². The van der Waals surface area contributed by atoms with Crippen molar-refractivity contribution in [1.29, 1.82) is 0 Å². The standard InChI is InChI=1S/C6H10N4O/c1-5(6(7)9-11)10-4-2-3-8-10/h2-5,11H,1H3,(H2,7,9). The Hall–Kier alpha value is -1.52. The molecule has 0 aliphatic rings. The molecule has 0 fully saturated rings. The molecule has 0 bridgehead atoms. The van der Waals surface area contributed by atoms with E-state index >= 15 is 0 Å². The van der Waals surface area contributed by atoms with Gasteiger partial charge in [-0.25, -0.2) is 0 Å². The molecule has 0 radical (unpaired) electrons. The molecule has 60 valence electrons. The van der Waals surface area contributed by atoms with E-state index in [1.54, 1.807) is 30.1 Å². The van der Waals surface area contributed by atoms with Crippen molar-refractivity contribution in [3.8, 4) is 0 Å². The topological polar surface area (TPSA) is 76.4 Å². The second-order valence-corrected chi connectivity index (χ2v) is 2.19. The Morgan fingerprint density at radius 3 is 3.00 bits per heavy atom. The van der Waals surface area contributed by atoms with Gasteiger partial charge >= 0.3 is 0 Å². The summed E-state index contributed by atoms with van der Waals surface area (Å²) in [5, 5.41) is 15.1. The average Bonchev–Trinajstić information content (AvgIpc) is 2.53. The van der Waals surface area contributed by atoms with E-state index in [2.05, 4.69) is 10.3 Å². The molecule has 1 heterocycles. The van der Waals surface area contributed by atoms with Crippen LogP contribution in [0, 0.1) is 0 Å². The van der Waals surface area contributed by atoms with Crippen molar-refractivity contribution < 1.29 is 5.21 Å². The van der Waals surface area contributed by atoms with Crippen molar-refractivity contribution in [3.63, 3.8) is 0 Å². The van der Waals surface area contributed by atoms with Crippen molar-refractivity contribution in [1.82, 2.24) is 9.78 Å². The second-order valence-electron chi connectivity index (χ2n) is 2.19. The zero-order valence-corrected chi connectivity index (χ0v) is 6.18. The van der Waals surface area contributed by atoms with Crippen LogP contribution in [0.3, 0.4) is 0 Å². The predicted molar refractivity (Wildman–Crippen MR) is 40.3 cm³/mol. The first-order chi connectivity index (χ1) is 5.25. The smallest absolute Gasteiger partial charge is 0.163 e. The number of hydrogen-bond donors (Lipinski definition) is 2. The molecular formula is C6H10N4O. The van der Waals surface area contributed by atoms with Crippen molar-refractivity contribution in [2.45, 2.75) is 13.0 Å². The van der Waals surface area contributed by atoms with Gasteiger partial charge in [0.2, 0.25) is 0 Å². The van der Waals surface area contributed by atoms with E-state index in [1.165, 1.54) is 0 Å². The van der Waals surface area contributed by atoms with Gasteiger partial charge in [0.25, 0.3) is 0 Å². The highest BCUT2D eigenvalue weighted by molar-refractivity contribution is 5.83. The molecule has 0 amide bonds.